The largest absolute Gasteiger partial charge is 0.455 e. The molecule has 2 aromatic carbocycles. The van der Waals surface area contributed by atoms with Gasteiger partial charge in [0.1, 0.15) is 5.76 Å². The van der Waals surface area contributed by atoms with E-state index in [1.54, 1.807) is 12.3 Å². The molecule has 2 heterocycles. The van der Waals surface area contributed by atoms with Gasteiger partial charge in [-0.3, -0.25) is 14.7 Å². The Morgan fingerprint density at radius 2 is 1.53 bits per heavy atom. The number of carbonyl (C=O) groups is 1. The third-order valence-electron chi connectivity index (χ3n) is 6.13. The molecule has 0 unspecified atom stereocenters. The Balaban J connectivity index is 1.40. The summed E-state index contributed by atoms with van der Waals surface area (Å²) >= 11 is 0. The summed E-state index contributed by atoms with van der Waals surface area (Å²) in [6.07, 6.45) is 2.44. The highest BCUT2D eigenvalue weighted by Gasteiger charge is 2.16. The van der Waals surface area contributed by atoms with Crippen LogP contribution < -0.4 is 5.32 Å². The molecule has 4 aromatic rings. The Labute approximate surface area is 214 Å². The lowest BCUT2D eigenvalue weighted by atomic mass is 9.87. The van der Waals surface area contributed by atoms with Gasteiger partial charge in [-0.1, -0.05) is 81.4 Å². The number of rotatable bonds is 10. The van der Waals surface area contributed by atoms with Crippen molar-refractivity contribution in [2.45, 2.75) is 52.2 Å². The predicted molar refractivity (Wildman–Crippen MR) is 144 cm³/mol. The number of pyridine rings is 1. The molecule has 36 heavy (non-hydrogen) atoms. The zero-order valence-electron chi connectivity index (χ0n) is 21.4. The molecule has 0 bridgehead atoms. The molecule has 0 saturated heterocycles. The maximum absolute atomic E-state index is 12.6. The molecule has 4 rings (SSSR count). The molecule has 5 nitrogen and oxygen atoms in total. The first-order valence-electron chi connectivity index (χ1n) is 12.5. The van der Waals surface area contributed by atoms with Gasteiger partial charge >= 0.3 is 0 Å². The number of carbonyl (C=O) groups excluding carboxylic acids is 1. The van der Waals surface area contributed by atoms with Crippen LogP contribution in [0.25, 0.3) is 0 Å². The van der Waals surface area contributed by atoms with Crippen molar-refractivity contribution >= 4 is 5.91 Å². The van der Waals surface area contributed by atoms with E-state index in [9.17, 15) is 4.79 Å². The third kappa shape index (κ3) is 7.40. The van der Waals surface area contributed by atoms with Gasteiger partial charge in [-0.05, 0) is 46.4 Å². The van der Waals surface area contributed by atoms with Crippen LogP contribution in [0.1, 0.15) is 59.5 Å². The molecule has 2 aromatic heterocycles. The molecule has 0 radical (unpaired) electrons. The van der Waals surface area contributed by atoms with Gasteiger partial charge in [-0.2, -0.15) is 0 Å². The van der Waals surface area contributed by atoms with E-state index >= 15 is 0 Å². The van der Waals surface area contributed by atoms with E-state index in [1.165, 1.54) is 16.7 Å². The normalized spacial score (nSPS) is 11.6. The van der Waals surface area contributed by atoms with E-state index in [2.05, 4.69) is 84.5 Å². The van der Waals surface area contributed by atoms with Crippen LogP contribution in [-0.2, 0) is 31.5 Å². The van der Waals surface area contributed by atoms with Crippen molar-refractivity contribution in [3.8, 4) is 0 Å². The Morgan fingerprint density at radius 3 is 2.19 bits per heavy atom. The van der Waals surface area contributed by atoms with Gasteiger partial charge in [0, 0.05) is 37.9 Å². The van der Waals surface area contributed by atoms with Gasteiger partial charge in [0.25, 0.3) is 5.91 Å². The smallest absolute Gasteiger partial charge is 0.287 e. The van der Waals surface area contributed by atoms with Gasteiger partial charge in [0.2, 0.25) is 0 Å². The fourth-order valence-electron chi connectivity index (χ4n) is 4.12. The summed E-state index contributed by atoms with van der Waals surface area (Å²) in [4.78, 5) is 19.2. The Kier molecular flexibility index (Phi) is 8.34. The number of nitrogens with zero attached hydrogens (tertiary/aromatic N) is 2. The van der Waals surface area contributed by atoms with Crippen molar-refractivity contribution in [1.29, 1.82) is 0 Å². The van der Waals surface area contributed by atoms with Gasteiger partial charge in [0.15, 0.2) is 5.76 Å². The first-order valence-corrected chi connectivity index (χ1v) is 12.5. The van der Waals surface area contributed by atoms with E-state index in [1.807, 2.05) is 30.3 Å². The van der Waals surface area contributed by atoms with Crippen molar-refractivity contribution in [1.82, 2.24) is 15.2 Å². The standard InChI is InChI=1S/C31H35N3O2/c1-31(2,3)26-14-12-25(13-15-26)22-34(21-24-9-5-4-6-10-24)23-28-16-17-29(36-28)30(35)33-20-18-27-11-7-8-19-32-27/h4-17,19H,18,20-23H2,1-3H3,(H,33,35). The Morgan fingerprint density at radius 1 is 0.833 bits per heavy atom. The zero-order valence-corrected chi connectivity index (χ0v) is 21.4. The number of furan rings is 1. The second-order valence-corrected chi connectivity index (χ2v) is 10.2. The van der Waals surface area contributed by atoms with Crippen LogP contribution >= 0.6 is 0 Å². The number of aromatic nitrogens is 1. The van der Waals surface area contributed by atoms with E-state index in [4.69, 9.17) is 4.42 Å². The van der Waals surface area contributed by atoms with E-state index < -0.39 is 0 Å². The van der Waals surface area contributed by atoms with Crippen LogP contribution in [-0.4, -0.2) is 22.3 Å². The average Bonchev–Trinajstić information content (AvgIpc) is 3.34. The number of hydrogen-bond acceptors (Lipinski definition) is 4. The summed E-state index contributed by atoms with van der Waals surface area (Å²) in [5.41, 5.74) is 4.89. The van der Waals surface area contributed by atoms with Crippen LogP contribution in [0.3, 0.4) is 0 Å². The predicted octanol–water partition coefficient (Wildman–Crippen LogP) is 6.15. The van der Waals surface area contributed by atoms with Crippen LogP contribution in [0.2, 0.25) is 0 Å². The summed E-state index contributed by atoms with van der Waals surface area (Å²) < 4.78 is 5.95. The van der Waals surface area contributed by atoms with Crippen molar-refractivity contribution in [3.05, 3.63) is 125 Å². The molecule has 0 aliphatic heterocycles. The first-order chi connectivity index (χ1) is 17.4. The minimum absolute atomic E-state index is 0.130. The Hall–Kier alpha value is -3.70. The summed E-state index contributed by atoms with van der Waals surface area (Å²) in [6, 6.07) is 28.7. The van der Waals surface area contributed by atoms with Gasteiger partial charge in [0.05, 0.1) is 6.54 Å². The molecule has 0 saturated carbocycles. The second kappa shape index (κ2) is 11.8. The summed E-state index contributed by atoms with van der Waals surface area (Å²) in [5, 5.41) is 2.92. The topological polar surface area (TPSA) is 58.4 Å². The quantitative estimate of drug-likeness (QED) is 0.295. The average molecular weight is 482 g/mol. The van der Waals surface area contributed by atoms with E-state index in [-0.39, 0.29) is 11.3 Å². The molecule has 5 heteroatoms. The Bertz CT molecular complexity index is 1230. The summed E-state index contributed by atoms with van der Waals surface area (Å²) in [6.45, 7) is 9.38. The van der Waals surface area contributed by atoms with Gasteiger partial charge in [-0.15, -0.1) is 0 Å². The van der Waals surface area contributed by atoms with Crippen molar-refractivity contribution in [3.63, 3.8) is 0 Å². The highest BCUT2D eigenvalue weighted by molar-refractivity contribution is 5.91. The number of nitrogens with one attached hydrogen (secondary N) is 1. The molecule has 0 aliphatic carbocycles. The van der Waals surface area contributed by atoms with E-state index in [0.29, 0.717) is 25.3 Å². The molecule has 0 fully saturated rings. The van der Waals surface area contributed by atoms with Gasteiger partial charge < -0.3 is 9.73 Å². The van der Waals surface area contributed by atoms with Crippen LogP contribution in [0, 0.1) is 0 Å². The molecular formula is C31H35N3O2. The fraction of sp³-hybridized carbons (Fsp3) is 0.290. The molecule has 1 amide bonds. The number of hydrogen-bond donors (Lipinski definition) is 1. The fourth-order valence-corrected chi connectivity index (χ4v) is 4.12. The SMILES string of the molecule is CC(C)(C)c1ccc(CN(Cc2ccccc2)Cc2ccc(C(=O)NCCc3ccccn3)o2)cc1. The highest BCUT2D eigenvalue weighted by atomic mass is 16.4. The maximum Gasteiger partial charge on any atom is 0.287 e. The minimum atomic E-state index is -0.204. The van der Waals surface area contributed by atoms with Crippen molar-refractivity contribution in [2.24, 2.45) is 0 Å². The monoisotopic (exact) mass is 481 g/mol. The third-order valence-corrected chi connectivity index (χ3v) is 6.13. The lowest BCUT2D eigenvalue weighted by molar-refractivity contribution is 0.0922. The van der Waals surface area contributed by atoms with E-state index in [0.717, 1.165) is 24.5 Å². The first kappa shape index (κ1) is 25.4. The van der Waals surface area contributed by atoms with Gasteiger partial charge in [-0.25, -0.2) is 0 Å². The maximum atomic E-state index is 12.6. The molecule has 0 atom stereocenters. The van der Waals surface area contributed by atoms with Crippen molar-refractivity contribution in [2.75, 3.05) is 6.54 Å². The van der Waals surface area contributed by atoms with Crippen LogP contribution in [0.4, 0.5) is 0 Å². The minimum Gasteiger partial charge on any atom is -0.455 e. The number of benzene rings is 2. The highest BCUT2D eigenvalue weighted by Crippen LogP contribution is 2.23. The molecular weight excluding hydrogens is 446 g/mol. The zero-order chi connectivity index (χ0) is 25.4. The molecule has 0 spiro atoms. The lowest BCUT2D eigenvalue weighted by Gasteiger charge is -2.23. The molecule has 186 valence electrons. The lowest BCUT2D eigenvalue weighted by Crippen LogP contribution is -2.25. The summed E-state index contributed by atoms with van der Waals surface area (Å²) in [7, 11) is 0. The summed E-state index contributed by atoms with van der Waals surface area (Å²) in [5.74, 6) is 0.900. The van der Waals surface area contributed by atoms with Crippen molar-refractivity contribution < 1.29 is 9.21 Å². The van der Waals surface area contributed by atoms with Crippen LogP contribution in [0.15, 0.2) is 95.5 Å². The molecule has 0 aliphatic rings. The van der Waals surface area contributed by atoms with Crippen LogP contribution in [0.5, 0.6) is 0 Å². The number of amides is 1. The second-order valence-electron chi connectivity index (χ2n) is 10.2. The molecule has 1 N–H and O–H groups in total.